The highest BCUT2D eigenvalue weighted by atomic mass is 32.7. The monoisotopic (exact) mass is 253 g/mol. The summed E-state index contributed by atoms with van der Waals surface area (Å²) < 4.78 is 17.0. The number of hydrogen-bond donors (Lipinski definition) is 0. The summed E-state index contributed by atoms with van der Waals surface area (Å²) in [6.07, 6.45) is 1.82. The van der Waals surface area contributed by atoms with E-state index in [4.69, 9.17) is 4.52 Å². The fraction of sp³-hybridized carbons (Fsp3) is 1.00. The highest BCUT2D eigenvalue weighted by Crippen LogP contribution is 2.54. The molecule has 0 aromatic rings. The van der Waals surface area contributed by atoms with Gasteiger partial charge >= 0.3 is 0 Å². The van der Waals surface area contributed by atoms with Crippen LogP contribution in [0.4, 0.5) is 0 Å². The van der Waals surface area contributed by atoms with Gasteiger partial charge in [-0.3, -0.25) is 9.46 Å². The minimum absolute atomic E-state index is 0.499. The Bertz CT molecular complexity index is 213. The van der Waals surface area contributed by atoms with Gasteiger partial charge in [-0.25, -0.2) is 0 Å². The average molecular weight is 253 g/mol. The van der Waals surface area contributed by atoms with Crippen molar-refractivity contribution in [2.45, 2.75) is 39.8 Å². The van der Waals surface area contributed by atoms with Crippen LogP contribution in [-0.4, -0.2) is 43.1 Å². The summed E-state index contributed by atoms with van der Waals surface area (Å²) >= 11 is 1.31. The molecule has 0 radical (unpaired) electrons. The van der Waals surface area contributed by atoms with Gasteiger partial charge in [0, 0.05) is 25.3 Å². The van der Waals surface area contributed by atoms with E-state index in [1.54, 1.807) is 6.66 Å². The van der Waals surface area contributed by atoms with Crippen LogP contribution in [0.15, 0.2) is 0 Å². The first-order chi connectivity index (χ1) is 6.80. The molecule has 0 aliphatic heterocycles. The molecule has 0 aliphatic carbocycles. The van der Waals surface area contributed by atoms with Gasteiger partial charge in [-0.1, -0.05) is 11.4 Å². The van der Waals surface area contributed by atoms with E-state index < -0.39 is 6.57 Å². The van der Waals surface area contributed by atoms with Crippen LogP contribution in [-0.2, 0) is 9.09 Å². The van der Waals surface area contributed by atoms with Crippen molar-refractivity contribution in [2.75, 3.05) is 26.1 Å². The van der Waals surface area contributed by atoms with Crippen LogP contribution in [0.1, 0.15) is 27.7 Å². The average Bonchev–Trinajstić information content (AvgIpc) is 2.11. The van der Waals surface area contributed by atoms with Crippen molar-refractivity contribution < 1.29 is 9.09 Å². The molecule has 0 aromatic heterocycles. The zero-order valence-electron chi connectivity index (χ0n) is 10.7. The third-order valence-electron chi connectivity index (χ3n) is 2.33. The second kappa shape index (κ2) is 6.95. The molecule has 0 amide bonds. The topological polar surface area (TPSA) is 29.5 Å². The first-order valence-electron chi connectivity index (χ1n) is 5.33. The van der Waals surface area contributed by atoms with E-state index in [9.17, 15) is 4.57 Å². The predicted molar refractivity (Wildman–Crippen MR) is 70.0 cm³/mol. The first-order valence-corrected chi connectivity index (χ1v) is 9.24. The summed E-state index contributed by atoms with van der Waals surface area (Å²) in [6, 6.07) is 0.998. The molecule has 3 nitrogen and oxygen atoms in total. The van der Waals surface area contributed by atoms with Crippen molar-refractivity contribution in [3.05, 3.63) is 0 Å². The molecule has 0 fully saturated rings. The van der Waals surface area contributed by atoms with Gasteiger partial charge in [0.05, 0.1) is 6.61 Å². The summed E-state index contributed by atoms with van der Waals surface area (Å²) in [7, 11) is 0. The van der Waals surface area contributed by atoms with Crippen LogP contribution in [0.25, 0.3) is 0 Å². The van der Waals surface area contributed by atoms with Crippen LogP contribution >= 0.6 is 18.0 Å². The minimum Gasteiger partial charge on any atom is -0.320 e. The van der Waals surface area contributed by atoms with Crippen LogP contribution < -0.4 is 0 Å². The van der Waals surface area contributed by atoms with E-state index in [-0.39, 0.29) is 0 Å². The molecule has 0 spiro atoms. The largest absolute Gasteiger partial charge is 0.320 e. The van der Waals surface area contributed by atoms with Crippen LogP contribution in [0.2, 0.25) is 0 Å². The van der Waals surface area contributed by atoms with E-state index in [1.807, 2.05) is 6.26 Å². The SMILES string of the molecule is CS[P@@](C)(=O)OCCN(C(C)C)C(C)C. The van der Waals surface area contributed by atoms with Crippen molar-refractivity contribution in [1.29, 1.82) is 0 Å². The molecule has 0 aromatic carbocycles. The van der Waals surface area contributed by atoms with Crippen molar-refractivity contribution in [3.63, 3.8) is 0 Å². The van der Waals surface area contributed by atoms with Crippen molar-refractivity contribution in [3.8, 4) is 0 Å². The molecule has 0 aliphatic rings. The third kappa shape index (κ3) is 6.62. The maximum absolute atomic E-state index is 11.6. The lowest BCUT2D eigenvalue weighted by Gasteiger charge is -2.30. The van der Waals surface area contributed by atoms with Crippen molar-refractivity contribution in [2.24, 2.45) is 0 Å². The summed E-state index contributed by atoms with van der Waals surface area (Å²) in [5.41, 5.74) is 0. The maximum atomic E-state index is 11.6. The normalized spacial score (nSPS) is 16.3. The first kappa shape index (κ1) is 15.5. The highest BCUT2D eigenvalue weighted by molar-refractivity contribution is 8.56. The lowest BCUT2D eigenvalue weighted by Crippen LogP contribution is -2.39. The molecular formula is C10H24NO2PS. The standard InChI is InChI=1S/C10H24NO2PS/c1-9(2)11(10(3)4)7-8-13-14(5,12)15-6/h9-10H,7-8H2,1-6H3/t14-/m0/s1. The Balaban J connectivity index is 3.97. The van der Waals surface area contributed by atoms with Gasteiger partial charge in [-0.05, 0) is 34.0 Å². The van der Waals surface area contributed by atoms with Gasteiger partial charge in [0.2, 0.25) is 0 Å². The van der Waals surface area contributed by atoms with Gasteiger partial charge in [0.25, 0.3) is 6.57 Å². The summed E-state index contributed by atoms with van der Waals surface area (Å²) in [4.78, 5) is 2.33. The van der Waals surface area contributed by atoms with E-state index in [0.717, 1.165) is 6.54 Å². The zero-order chi connectivity index (χ0) is 12.1. The Kier molecular flexibility index (Phi) is 7.18. The minimum atomic E-state index is -2.40. The number of hydrogen-bond acceptors (Lipinski definition) is 4. The fourth-order valence-corrected chi connectivity index (χ4v) is 2.54. The maximum Gasteiger partial charge on any atom is 0.254 e. The fourth-order valence-electron chi connectivity index (χ4n) is 1.48. The molecule has 0 N–H and O–H groups in total. The lowest BCUT2D eigenvalue weighted by molar-refractivity contribution is 0.144. The molecular weight excluding hydrogens is 229 g/mol. The summed E-state index contributed by atoms with van der Waals surface area (Å²) in [5, 5.41) is 0. The molecule has 92 valence electrons. The highest BCUT2D eigenvalue weighted by Gasteiger charge is 2.17. The lowest BCUT2D eigenvalue weighted by atomic mass is 10.2. The van der Waals surface area contributed by atoms with E-state index in [0.29, 0.717) is 18.7 Å². The Morgan fingerprint density at radius 2 is 1.73 bits per heavy atom. The second-order valence-electron chi connectivity index (χ2n) is 4.21. The molecule has 5 heteroatoms. The molecule has 0 bridgehead atoms. The Labute approximate surface area is 98.1 Å². The van der Waals surface area contributed by atoms with Crippen molar-refractivity contribution in [1.82, 2.24) is 4.90 Å². The Morgan fingerprint density at radius 1 is 1.27 bits per heavy atom. The predicted octanol–water partition coefficient (Wildman–Crippen LogP) is 3.31. The van der Waals surface area contributed by atoms with Crippen LogP contribution in [0.3, 0.4) is 0 Å². The molecule has 0 saturated heterocycles. The van der Waals surface area contributed by atoms with Gasteiger partial charge in [-0.2, -0.15) is 0 Å². The number of rotatable bonds is 7. The molecule has 0 unspecified atom stereocenters. The van der Waals surface area contributed by atoms with Crippen LogP contribution in [0.5, 0.6) is 0 Å². The molecule has 1 atom stereocenters. The van der Waals surface area contributed by atoms with Gasteiger partial charge in [0.15, 0.2) is 0 Å². The van der Waals surface area contributed by atoms with Crippen molar-refractivity contribution >= 4 is 18.0 Å². The summed E-state index contributed by atoms with van der Waals surface area (Å²) in [5.74, 6) is 0. The quantitative estimate of drug-likeness (QED) is 0.651. The van der Waals surface area contributed by atoms with Crippen LogP contribution in [0, 0.1) is 0 Å². The zero-order valence-corrected chi connectivity index (χ0v) is 12.4. The van der Waals surface area contributed by atoms with Gasteiger partial charge in [-0.15, -0.1) is 0 Å². The smallest absolute Gasteiger partial charge is 0.254 e. The number of nitrogens with zero attached hydrogens (tertiary/aromatic N) is 1. The Hall–Kier alpha value is 0.500. The third-order valence-corrected chi connectivity index (χ3v) is 5.95. The van der Waals surface area contributed by atoms with Gasteiger partial charge < -0.3 is 4.52 Å². The molecule has 0 rings (SSSR count). The molecule has 15 heavy (non-hydrogen) atoms. The summed E-state index contributed by atoms with van der Waals surface area (Å²) in [6.45, 7) is 9.33. The van der Waals surface area contributed by atoms with Gasteiger partial charge in [0.1, 0.15) is 0 Å². The van der Waals surface area contributed by atoms with E-state index in [1.165, 1.54) is 11.4 Å². The molecule has 0 saturated carbocycles. The van der Waals surface area contributed by atoms with E-state index in [2.05, 4.69) is 32.6 Å². The molecule has 0 heterocycles. The second-order valence-corrected chi connectivity index (χ2v) is 9.46. The Morgan fingerprint density at radius 3 is 2.07 bits per heavy atom. The van der Waals surface area contributed by atoms with E-state index >= 15 is 0 Å².